The number of carbonyl (C=O) groups is 2. The quantitative estimate of drug-likeness (QED) is 0.287. The van der Waals surface area contributed by atoms with E-state index in [1.807, 2.05) is 117 Å². The third-order valence-electron chi connectivity index (χ3n) is 8.25. The number of carbonyl (C=O) groups excluding carboxylic acids is 2. The Morgan fingerprint density at radius 3 is 2.05 bits per heavy atom. The van der Waals surface area contributed by atoms with Crippen LogP contribution in [0, 0.1) is 6.92 Å². The van der Waals surface area contributed by atoms with Crippen LogP contribution in [0.25, 0.3) is 0 Å². The molecule has 2 aliphatic heterocycles. The Balaban J connectivity index is 1.62. The number of esters is 1. The lowest BCUT2D eigenvalue weighted by molar-refractivity contribution is -0.157. The van der Waals surface area contributed by atoms with Crippen LogP contribution in [-0.2, 0) is 26.3 Å². The molecule has 0 unspecified atom stereocenters. The van der Waals surface area contributed by atoms with Crippen molar-refractivity contribution in [2.45, 2.75) is 63.3 Å². The van der Waals surface area contributed by atoms with Gasteiger partial charge in [-0.05, 0) is 56.0 Å². The number of aryl methyl sites for hydroxylation is 1. The molecule has 41 heavy (non-hydrogen) atoms. The lowest BCUT2D eigenvalue weighted by Crippen LogP contribution is -2.47. The summed E-state index contributed by atoms with van der Waals surface area (Å²) in [6.45, 7) is 8.13. The summed E-state index contributed by atoms with van der Waals surface area (Å²) in [6, 6.07) is 35.1. The zero-order valence-electron chi connectivity index (χ0n) is 24.0. The fraction of sp³-hybridized carbons (Fsp3) is 0.278. The van der Waals surface area contributed by atoms with Gasteiger partial charge >= 0.3 is 5.97 Å². The largest absolute Gasteiger partial charge is 0.459 e. The van der Waals surface area contributed by atoms with Gasteiger partial charge in [-0.25, -0.2) is 0 Å². The summed E-state index contributed by atoms with van der Waals surface area (Å²) in [5, 5.41) is 3.66. The standard InChI is InChI=1S/C36H36N2O3/c1-24-20-21-29-28(22-24)36(34(40)38(29)23-25-14-8-5-9-15-25)30(26-16-10-6-11-17-26)31(33(39)41-35(2,3)4)37-32(36)27-18-12-7-13-19-27/h5-22,30-32,37H,23H2,1-4H3/t30-,31+,32+,36+/m1/s1. The minimum atomic E-state index is -1.08. The van der Waals surface area contributed by atoms with E-state index < -0.39 is 29.0 Å². The lowest BCUT2D eigenvalue weighted by atomic mass is 9.63. The van der Waals surface area contributed by atoms with E-state index in [2.05, 4.69) is 30.4 Å². The van der Waals surface area contributed by atoms with Crippen molar-refractivity contribution in [2.24, 2.45) is 0 Å². The zero-order valence-corrected chi connectivity index (χ0v) is 24.0. The highest BCUT2D eigenvalue weighted by Crippen LogP contribution is 2.61. The minimum absolute atomic E-state index is 0.0109. The summed E-state index contributed by atoms with van der Waals surface area (Å²) >= 11 is 0. The van der Waals surface area contributed by atoms with Crippen molar-refractivity contribution in [1.82, 2.24) is 5.32 Å². The molecular formula is C36H36N2O3. The van der Waals surface area contributed by atoms with Crippen LogP contribution < -0.4 is 10.2 Å². The van der Waals surface area contributed by atoms with Crippen molar-refractivity contribution >= 4 is 17.6 Å². The van der Waals surface area contributed by atoms with Gasteiger partial charge in [-0.3, -0.25) is 14.9 Å². The molecule has 1 fully saturated rings. The van der Waals surface area contributed by atoms with Crippen molar-refractivity contribution < 1.29 is 14.3 Å². The molecule has 208 valence electrons. The molecule has 4 aromatic carbocycles. The van der Waals surface area contributed by atoms with Crippen LogP contribution in [0.5, 0.6) is 0 Å². The summed E-state index contributed by atoms with van der Waals surface area (Å²) in [5.74, 6) is -0.867. The number of amides is 1. The van der Waals surface area contributed by atoms with Gasteiger partial charge in [-0.2, -0.15) is 0 Å². The van der Waals surface area contributed by atoms with Gasteiger partial charge in [-0.15, -0.1) is 0 Å². The van der Waals surface area contributed by atoms with E-state index >= 15 is 4.79 Å². The van der Waals surface area contributed by atoms with Gasteiger partial charge in [0.05, 0.1) is 12.6 Å². The highest BCUT2D eigenvalue weighted by molar-refractivity contribution is 6.11. The average Bonchev–Trinajstić information content (AvgIpc) is 3.43. The van der Waals surface area contributed by atoms with Crippen molar-refractivity contribution in [3.63, 3.8) is 0 Å². The summed E-state index contributed by atoms with van der Waals surface area (Å²) in [4.78, 5) is 31.2. The second-order valence-electron chi connectivity index (χ2n) is 12.2. The topological polar surface area (TPSA) is 58.6 Å². The Labute approximate surface area is 242 Å². The fourth-order valence-electron chi connectivity index (χ4n) is 6.71. The number of anilines is 1. The van der Waals surface area contributed by atoms with E-state index in [9.17, 15) is 4.79 Å². The van der Waals surface area contributed by atoms with E-state index in [-0.39, 0.29) is 11.9 Å². The van der Waals surface area contributed by atoms with Crippen LogP contribution in [0.4, 0.5) is 5.69 Å². The molecule has 4 aromatic rings. The average molecular weight is 545 g/mol. The molecule has 0 aromatic heterocycles. The Kier molecular flexibility index (Phi) is 6.79. The third-order valence-corrected chi connectivity index (χ3v) is 8.25. The maximum atomic E-state index is 15.3. The highest BCUT2D eigenvalue weighted by atomic mass is 16.6. The second kappa shape index (κ2) is 10.3. The molecule has 1 saturated heterocycles. The van der Waals surface area contributed by atoms with Crippen molar-refractivity contribution in [1.29, 1.82) is 0 Å². The predicted molar refractivity (Wildman–Crippen MR) is 162 cm³/mol. The molecule has 2 aliphatic rings. The van der Waals surface area contributed by atoms with Crippen LogP contribution in [0.2, 0.25) is 0 Å². The number of nitrogens with zero attached hydrogens (tertiary/aromatic N) is 1. The Hall–Kier alpha value is -4.22. The van der Waals surface area contributed by atoms with E-state index in [0.717, 1.165) is 33.5 Å². The third kappa shape index (κ3) is 4.64. The summed E-state index contributed by atoms with van der Waals surface area (Å²) < 4.78 is 6.00. The van der Waals surface area contributed by atoms with Crippen molar-refractivity contribution in [3.8, 4) is 0 Å². The molecule has 1 amide bonds. The second-order valence-corrected chi connectivity index (χ2v) is 12.2. The summed E-state index contributed by atoms with van der Waals surface area (Å²) in [7, 11) is 0. The zero-order chi connectivity index (χ0) is 28.8. The number of ether oxygens (including phenoxy) is 1. The van der Waals surface area contributed by atoms with Crippen LogP contribution in [0.3, 0.4) is 0 Å². The highest BCUT2D eigenvalue weighted by Gasteiger charge is 2.68. The first kappa shape index (κ1) is 27.0. The Bertz CT molecular complexity index is 1560. The number of hydrogen-bond donors (Lipinski definition) is 1. The molecule has 4 atom stereocenters. The first-order valence-corrected chi connectivity index (χ1v) is 14.3. The SMILES string of the molecule is Cc1ccc2c(c1)[C@]1(C(=O)N2Cc2ccccc2)[C@H](c2ccccc2)[C@@H](C(=O)OC(C)(C)C)N[C@H]1c1ccccc1. The summed E-state index contributed by atoms with van der Waals surface area (Å²) in [6.07, 6.45) is 0. The van der Waals surface area contributed by atoms with E-state index in [4.69, 9.17) is 4.74 Å². The Morgan fingerprint density at radius 2 is 1.44 bits per heavy atom. The van der Waals surface area contributed by atoms with Gasteiger partial charge in [-0.1, -0.05) is 109 Å². The molecule has 5 nitrogen and oxygen atoms in total. The van der Waals surface area contributed by atoms with Gasteiger partial charge in [0.2, 0.25) is 5.91 Å². The molecule has 0 radical (unpaired) electrons. The molecule has 0 saturated carbocycles. The molecule has 0 aliphatic carbocycles. The van der Waals surface area contributed by atoms with Crippen LogP contribution >= 0.6 is 0 Å². The monoisotopic (exact) mass is 544 g/mol. The maximum absolute atomic E-state index is 15.3. The number of benzene rings is 4. The van der Waals surface area contributed by atoms with Gasteiger partial charge in [0.25, 0.3) is 0 Å². The lowest BCUT2D eigenvalue weighted by Gasteiger charge is -2.36. The van der Waals surface area contributed by atoms with Gasteiger partial charge < -0.3 is 9.64 Å². The molecule has 2 heterocycles. The van der Waals surface area contributed by atoms with E-state index in [1.165, 1.54) is 0 Å². The van der Waals surface area contributed by atoms with Crippen molar-refractivity contribution in [2.75, 3.05) is 4.90 Å². The number of fused-ring (bicyclic) bond motifs is 2. The van der Waals surface area contributed by atoms with Gasteiger partial charge in [0, 0.05) is 11.6 Å². The number of hydrogen-bond acceptors (Lipinski definition) is 4. The molecule has 6 rings (SSSR count). The molecule has 5 heteroatoms. The van der Waals surface area contributed by atoms with Crippen LogP contribution in [-0.4, -0.2) is 23.5 Å². The number of rotatable bonds is 5. The van der Waals surface area contributed by atoms with Crippen LogP contribution in [0.15, 0.2) is 109 Å². The summed E-state index contributed by atoms with van der Waals surface area (Å²) in [5.41, 5.74) is 4.07. The molecule has 0 bridgehead atoms. The Morgan fingerprint density at radius 1 is 0.854 bits per heavy atom. The fourth-order valence-corrected chi connectivity index (χ4v) is 6.71. The predicted octanol–water partition coefficient (Wildman–Crippen LogP) is 6.62. The van der Waals surface area contributed by atoms with E-state index in [1.54, 1.807) is 0 Å². The molecule has 1 spiro atoms. The maximum Gasteiger partial charge on any atom is 0.324 e. The first-order chi connectivity index (χ1) is 19.7. The molecule has 1 N–H and O–H groups in total. The van der Waals surface area contributed by atoms with Gasteiger partial charge in [0.15, 0.2) is 0 Å². The van der Waals surface area contributed by atoms with Crippen molar-refractivity contribution in [3.05, 3.63) is 137 Å². The smallest absolute Gasteiger partial charge is 0.324 e. The number of nitrogens with one attached hydrogen (secondary N) is 1. The molecular weight excluding hydrogens is 508 g/mol. The first-order valence-electron chi connectivity index (χ1n) is 14.3. The normalized spacial score (nSPS) is 23.6. The van der Waals surface area contributed by atoms with E-state index in [0.29, 0.717) is 6.54 Å². The van der Waals surface area contributed by atoms with Gasteiger partial charge in [0.1, 0.15) is 17.1 Å². The minimum Gasteiger partial charge on any atom is -0.459 e. The van der Waals surface area contributed by atoms with Crippen LogP contribution in [0.1, 0.15) is 60.5 Å².